The molecule has 1 atom stereocenters. The van der Waals surface area contributed by atoms with E-state index >= 15 is 0 Å². The fourth-order valence-electron chi connectivity index (χ4n) is 4.76. The van der Waals surface area contributed by atoms with Crippen molar-refractivity contribution in [3.05, 3.63) is 63.0 Å². The van der Waals surface area contributed by atoms with Gasteiger partial charge < -0.3 is 9.40 Å². The maximum Gasteiger partial charge on any atom is 0.254 e. The predicted octanol–water partition coefficient (Wildman–Crippen LogP) is 2.48. The third-order valence-corrected chi connectivity index (χ3v) is 7.74. The molecule has 8 nitrogen and oxygen atoms in total. The maximum absolute atomic E-state index is 12.7. The normalized spacial score (nSPS) is 20.4. The van der Waals surface area contributed by atoms with Gasteiger partial charge >= 0.3 is 0 Å². The monoisotopic (exact) mass is 442 g/mol. The van der Waals surface area contributed by atoms with E-state index in [0.717, 1.165) is 41.7 Å². The van der Waals surface area contributed by atoms with E-state index in [-0.39, 0.29) is 18.1 Å². The number of aryl methyl sites for hydroxylation is 1. The van der Waals surface area contributed by atoms with E-state index in [9.17, 15) is 13.2 Å². The number of sulfonamides is 1. The molecular formula is C22H26N4O4S. The van der Waals surface area contributed by atoms with Gasteiger partial charge in [-0.2, -0.15) is 4.31 Å². The third-order valence-electron chi connectivity index (χ3n) is 6.49. The Morgan fingerprint density at radius 1 is 1.26 bits per heavy atom. The van der Waals surface area contributed by atoms with Crippen molar-refractivity contribution in [1.82, 2.24) is 19.2 Å². The van der Waals surface area contributed by atoms with Crippen molar-refractivity contribution in [1.29, 1.82) is 0 Å². The van der Waals surface area contributed by atoms with Gasteiger partial charge in [0.05, 0.1) is 31.1 Å². The molecule has 31 heavy (non-hydrogen) atoms. The van der Waals surface area contributed by atoms with Gasteiger partial charge in [0, 0.05) is 17.5 Å². The first kappa shape index (κ1) is 20.4. The lowest BCUT2D eigenvalue weighted by Crippen LogP contribution is -2.39. The molecule has 5 rings (SSSR count). The van der Waals surface area contributed by atoms with Crippen LogP contribution in [0.1, 0.15) is 47.3 Å². The number of benzene rings is 1. The summed E-state index contributed by atoms with van der Waals surface area (Å²) in [6.45, 7) is 4.07. The van der Waals surface area contributed by atoms with E-state index in [2.05, 4.69) is 22.9 Å². The lowest BCUT2D eigenvalue weighted by atomic mass is 10.1. The van der Waals surface area contributed by atoms with Crippen molar-refractivity contribution in [2.24, 2.45) is 0 Å². The Labute approximate surface area is 180 Å². The molecule has 0 bridgehead atoms. The average molecular weight is 443 g/mol. The zero-order chi connectivity index (χ0) is 21.8. The molecule has 1 aromatic carbocycles. The van der Waals surface area contributed by atoms with Crippen LogP contribution < -0.4 is 5.56 Å². The SMILES string of the molecule is Cc1c(CN2CCC[C@H]2c2nc3c(c(=O)[nH]2)CCN(S(C)(=O)=O)C3)oc2ccccc12. The first-order valence-corrected chi connectivity index (χ1v) is 12.4. The fourth-order valence-corrected chi connectivity index (χ4v) is 5.54. The van der Waals surface area contributed by atoms with Crippen LogP contribution in [-0.2, 0) is 29.5 Å². The van der Waals surface area contributed by atoms with Crippen molar-refractivity contribution in [2.45, 2.75) is 45.3 Å². The first-order valence-electron chi connectivity index (χ1n) is 10.6. The number of para-hydroxylation sites is 1. The Bertz CT molecular complexity index is 1310. The van der Waals surface area contributed by atoms with E-state index in [1.54, 1.807) is 0 Å². The Morgan fingerprint density at radius 2 is 2.06 bits per heavy atom. The van der Waals surface area contributed by atoms with Crippen LogP contribution in [0.15, 0.2) is 33.5 Å². The summed E-state index contributed by atoms with van der Waals surface area (Å²) in [5, 5.41) is 1.12. The van der Waals surface area contributed by atoms with E-state index < -0.39 is 10.0 Å². The summed E-state index contributed by atoms with van der Waals surface area (Å²) in [6.07, 6.45) is 3.47. The lowest BCUT2D eigenvalue weighted by molar-refractivity contribution is 0.221. The smallest absolute Gasteiger partial charge is 0.254 e. The van der Waals surface area contributed by atoms with Gasteiger partial charge in [0.15, 0.2) is 0 Å². The van der Waals surface area contributed by atoms with Crippen molar-refractivity contribution in [2.75, 3.05) is 19.3 Å². The van der Waals surface area contributed by atoms with Gasteiger partial charge in [0.25, 0.3) is 5.56 Å². The molecule has 2 aliphatic rings. The minimum Gasteiger partial charge on any atom is -0.459 e. The summed E-state index contributed by atoms with van der Waals surface area (Å²) in [5.41, 5.74) is 3.03. The fraction of sp³-hybridized carbons (Fsp3) is 0.455. The molecule has 0 saturated carbocycles. The van der Waals surface area contributed by atoms with Crippen LogP contribution in [0, 0.1) is 6.92 Å². The number of aromatic nitrogens is 2. The zero-order valence-electron chi connectivity index (χ0n) is 17.7. The number of hydrogen-bond acceptors (Lipinski definition) is 6. The van der Waals surface area contributed by atoms with Crippen molar-refractivity contribution < 1.29 is 12.8 Å². The number of furan rings is 1. The average Bonchev–Trinajstić information content (AvgIpc) is 3.32. The molecule has 0 spiro atoms. The van der Waals surface area contributed by atoms with Gasteiger partial charge in [0.2, 0.25) is 10.0 Å². The molecule has 0 unspecified atom stereocenters. The Morgan fingerprint density at radius 3 is 2.84 bits per heavy atom. The second-order valence-corrected chi connectivity index (χ2v) is 10.5. The maximum atomic E-state index is 12.7. The van der Waals surface area contributed by atoms with Crippen LogP contribution >= 0.6 is 0 Å². The summed E-state index contributed by atoms with van der Waals surface area (Å²) in [7, 11) is -3.32. The van der Waals surface area contributed by atoms with Gasteiger partial charge in [-0.3, -0.25) is 9.69 Å². The second kappa shape index (κ2) is 7.58. The second-order valence-electron chi connectivity index (χ2n) is 8.50. The van der Waals surface area contributed by atoms with Crippen LogP contribution in [-0.4, -0.2) is 46.9 Å². The molecule has 4 heterocycles. The van der Waals surface area contributed by atoms with Crippen LogP contribution in [0.25, 0.3) is 11.0 Å². The van der Waals surface area contributed by atoms with Crippen LogP contribution in [0.4, 0.5) is 0 Å². The first-order chi connectivity index (χ1) is 14.8. The number of rotatable bonds is 4. The Hall–Kier alpha value is -2.49. The number of aromatic amines is 1. The number of hydrogen-bond donors (Lipinski definition) is 1. The van der Waals surface area contributed by atoms with Crippen LogP contribution in [0.3, 0.4) is 0 Å². The number of likely N-dealkylation sites (tertiary alicyclic amines) is 1. The molecular weight excluding hydrogens is 416 g/mol. The summed E-state index contributed by atoms with van der Waals surface area (Å²) < 4.78 is 31.4. The molecule has 1 fully saturated rings. The highest BCUT2D eigenvalue weighted by molar-refractivity contribution is 7.88. The largest absolute Gasteiger partial charge is 0.459 e. The van der Waals surface area contributed by atoms with Crippen molar-refractivity contribution >= 4 is 21.0 Å². The van der Waals surface area contributed by atoms with E-state index in [1.165, 1.54) is 10.6 Å². The topological polar surface area (TPSA) is 99.5 Å². The van der Waals surface area contributed by atoms with Crippen LogP contribution in [0.2, 0.25) is 0 Å². The molecule has 2 aromatic heterocycles. The Kier molecular flexibility index (Phi) is 4.99. The summed E-state index contributed by atoms with van der Waals surface area (Å²) >= 11 is 0. The van der Waals surface area contributed by atoms with E-state index in [4.69, 9.17) is 9.40 Å². The molecule has 1 saturated heterocycles. The Balaban J connectivity index is 1.45. The summed E-state index contributed by atoms with van der Waals surface area (Å²) in [6, 6.07) is 7.99. The van der Waals surface area contributed by atoms with Gasteiger partial charge in [0.1, 0.15) is 17.2 Å². The zero-order valence-corrected chi connectivity index (χ0v) is 18.5. The number of H-pyrrole nitrogens is 1. The molecule has 0 radical (unpaired) electrons. The standard InChI is InChI=1S/C22H26N4O4S/c1-14-15-6-3-4-8-19(15)30-20(14)13-25-10-5-7-18(25)21-23-17-12-26(31(2,28)29)11-9-16(17)22(27)24-21/h3-4,6,8,18H,5,7,9-13H2,1-2H3,(H,23,24,27)/t18-/m0/s1. The highest BCUT2D eigenvalue weighted by Gasteiger charge is 2.32. The number of nitrogens with zero attached hydrogens (tertiary/aromatic N) is 3. The molecule has 3 aromatic rings. The van der Waals surface area contributed by atoms with Crippen LogP contribution in [0.5, 0.6) is 0 Å². The molecule has 2 aliphatic heterocycles. The molecule has 0 aliphatic carbocycles. The number of fused-ring (bicyclic) bond motifs is 2. The summed E-state index contributed by atoms with van der Waals surface area (Å²) in [5.74, 6) is 1.54. The minimum atomic E-state index is -3.32. The van der Waals surface area contributed by atoms with E-state index in [1.807, 2.05) is 18.2 Å². The highest BCUT2D eigenvalue weighted by Crippen LogP contribution is 2.34. The molecule has 0 amide bonds. The molecule has 1 N–H and O–H groups in total. The third kappa shape index (κ3) is 3.71. The van der Waals surface area contributed by atoms with Crippen molar-refractivity contribution in [3.63, 3.8) is 0 Å². The van der Waals surface area contributed by atoms with Gasteiger partial charge in [-0.05, 0) is 44.4 Å². The molecule has 9 heteroatoms. The number of nitrogens with one attached hydrogen (secondary N) is 1. The van der Waals surface area contributed by atoms with Gasteiger partial charge in [-0.1, -0.05) is 18.2 Å². The minimum absolute atomic E-state index is 0.0285. The van der Waals surface area contributed by atoms with Gasteiger partial charge in [-0.25, -0.2) is 13.4 Å². The lowest BCUT2D eigenvalue weighted by Gasteiger charge is -2.27. The quantitative estimate of drug-likeness (QED) is 0.666. The molecule has 164 valence electrons. The predicted molar refractivity (Wildman–Crippen MR) is 117 cm³/mol. The van der Waals surface area contributed by atoms with E-state index in [0.29, 0.717) is 36.6 Å². The highest BCUT2D eigenvalue weighted by atomic mass is 32.2. The summed E-state index contributed by atoms with van der Waals surface area (Å²) in [4.78, 5) is 22.7. The van der Waals surface area contributed by atoms with Crippen molar-refractivity contribution in [3.8, 4) is 0 Å². The van der Waals surface area contributed by atoms with Gasteiger partial charge in [-0.15, -0.1) is 0 Å².